The molecule has 1 saturated heterocycles. The van der Waals surface area contributed by atoms with Crippen LogP contribution in [0.5, 0.6) is 5.88 Å². The van der Waals surface area contributed by atoms with Gasteiger partial charge in [-0.3, -0.25) is 4.79 Å². The Labute approximate surface area is 180 Å². The number of rotatable bonds is 9. The third-order valence-corrected chi connectivity index (χ3v) is 5.72. The number of hydrogen-bond acceptors (Lipinski definition) is 4. The molecule has 7 heteroatoms. The molecular formula is C23H37N5O2. The summed E-state index contributed by atoms with van der Waals surface area (Å²) in [5, 5.41) is 6.68. The Hall–Kier alpha value is -2.31. The summed E-state index contributed by atoms with van der Waals surface area (Å²) in [7, 11) is 0. The minimum atomic E-state index is 0.307. The van der Waals surface area contributed by atoms with E-state index < -0.39 is 0 Å². The van der Waals surface area contributed by atoms with Gasteiger partial charge in [0, 0.05) is 44.9 Å². The number of nitrogens with one attached hydrogen (secondary N) is 2. The molecule has 166 valence electrons. The second-order valence-electron chi connectivity index (χ2n) is 8.19. The van der Waals surface area contributed by atoms with Crippen molar-refractivity contribution >= 4 is 11.9 Å². The Morgan fingerprint density at radius 2 is 2.10 bits per heavy atom. The summed E-state index contributed by atoms with van der Waals surface area (Å²) in [6.07, 6.45) is 11.8. The van der Waals surface area contributed by atoms with Crippen molar-refractivity contribution in [3.63, 3.8) is 0 Å². The van der Waals surface area contributed by atoms with E-state index in [1.807, 2.05) is 17.0 Å². The van der Waals surface area contributed by atoms with E-state index in [0.717, 1.165) is 69.8 Å². The number of hydrogen-bond donors (Lipinski definition) is 2. The lowest BCUT2D eigenvalue weighted by Gasteiger charge is -2.20. The average molecular weight is 416 g/mol. The van der Waals surface area contributed by atoms with Gasteiger partial charge < -0.3 is 20.3 Å². The van der Waals surface area contributed by atoms with Gasteiger partial charge in [-0.15, -0.1) is 0 Å². The zero-order valence-corrected chi connectivity index (χ0v) is 18.4. The zero-order valence-electron chi connectivity index (χ0n) is 18.4. The number of carbonyl (C=O) groups excluding carboxylic acids is 1. The van der Waals surface area contributed by atoms with Crippen LogP contribution in [0, 0.1) is 0 Å². The number of ether oxygens (including phenoxy) is 1. The SMILES string of the molecule is CCNC(=NCc1ccnc(OC2CCCC2)c1)NCCCN1CCCCCC1=O. The first-order valence-electron chi connectivity index (χ1n) is 11.7. The highest BCUT2D eigenvalue weighted by Crippen LogP contribution is 2.23. The van der Waals surface area contributed by atoms with Crippen molar-refractivity contribution in [1.29, 1.82) is 0 Å². The molecule has 30 heavy (non-hydrogen) atoms. The second-order valence-corrected chi connectivity index (χ2v) is 8.19. The highest BCUT2D eigenvalue weighted by atomic mass is 16.5. The number of guanidine groups is 1. The van der Waals surface area contributed by atoms with Crippen LogP contribution in [0.2, 0.25) is 0 Å². The normalized spacial score (nSPS) is 18.4. The van der Waals surface area contributed by atoms with E-state index in [-0.39, 0.29) is 0 Å². The van der Waals surface area contributed by atoms with Crippen molar-refractivity contribution in [2.75, 3.05) is 26.2 Å². The molecule has 0 aromatic carbocycles. The maximum absolute atomic E-state index is 12.1. The van der Waals surface area contributed by atoms with Crippen LogP contribution >= 0.6 is 0 Å². The van der Waals surface area contributed by atoms with E-state index in [1.165, 1.54) is 19.3 Å². The van der Waals surface area contributed by atoms with Gasteiger partial charge in [0.05, 0.1) is 6.54 Å². The molecule has 2 aliphatic rings. The Morgan fingerprint density at radius 1 is 1.23 bits per heavy atom. The van der Waals surface area contributed by atoms with Gasteiger partial charge in [0.25, 0.3) is 0 Å². The van der Waals surface area contributed by atoms with Gasteiger partial charge in [-0.1, -0.05) is 6.42 Å². The molecular weight excluding hydrogens is 378 g/mol. The number of likely N-dealkylation sites (tertiary alicyclic amines) is 1. The number of nitrogens with zero attached hydrogens (tertiary/aromatic N) is 3. The van der Waals surface area contributed by atoms with Gasteiger partial charge in [0.1, 0.15) is 6.10 Å². The molecule has 0 atom stereocenters. The van der Waals surface area contributed by atoms with E-state index in [4.69, 9.17) is 9.73 Å². The summed E-state index contributed by atoms with van der Waals surface area (Å²) in [6, 6.07) is 3.98. The first-order valence-corrected chi connectivity index (χ1v) is 11.7. The minimum Gasteiger partial charge on any atom is -0.474 e. The summed E-state index contributed by atoms with van der Waals surface area (Å²) in [4.78, 5) is 23.2. The Balaban J connectivity index is 1.45. The van der Waals surface area contributed by atoms with E-state index >= 15 is 0 Å². The first-order chi connectivity index (χ1) is 14.7. The third-order valence-electron chi connectivity index (χ3n) is 5.72. The lowest BCUT2D eigenvalue weighted by atomic mass is 10.2. The predicted octanol–water partition coefficient (Wildman–Crippen LogP) is 3.25. The smallest absolute Gasteiger partial charge is 0.222 e. The zero-order chi connectivity index (χ0) is 21.0. The van der Waals surface area contributed by atoms with E-state index in [0.29, 0.717) is 30.9 Å². The van der Waals surface area contributed by atoms with Gasteiger partial charge in [-0.25, -0.2) is 9.98 Å². The molecule has 0 spiro atoms. The van der Waals surface area contributed by atoms with Crippen LogP contribution in [-0.2, 0) is 11.3 Å². The van der Waals surface area contributed by atoms with Crippen molar-refractivity contribution in [3.05, 3.63) is 23.9 Å². The first kappa shape index (κ1) is 22.4. The van der Waals surface area contributed by atoms with Crippen LogP contribution in [0.25, 0.3) is 0 Å². The Kier molecular flexibility index (Phi) is 9.25. The Morgan fingerprint density at radius 3 is 2.93 bits per heavy atom. The number of aliphatic imine (C=N–C) groups is 1. The Bertz CT molecular complexity index is 688. The molecule has 0 radical (unpaired) electrons. The molecule has 3 rings (SSSR count). The number of aromatic nitrogens is 1. The van der Waals surface area contributed by atoms with Crippen molar-refractivity contribution < 1.29 is 9.53 Å². The predicted molar refractivity (Wildman–Crippen MR) is 120 cm³/mol. The summed E-state index contributed by atoms with van der Waals surface area (Å²) in [5.41, 5.74) is 1.09. The molecule has 1 amide bonds. The number of carbonyl (C=O) groups is 1. The average Bonchev–Trinajstić information content (AvgIpc) is 3.17. The molecule has 1 aromatic rings. The summed E-state index contributed by atoms with van der Waals surface area (Å²) in [6.45, 7) is 5.96. The van der Waals surface area contributed by atoms with Crippen molar-refractivity contribution in [2.45, 2.75) is 77.4 Å². The van der Waals surface area contributed by atoms with Crippen LogP contribution in [0.3, 0.4) is 0 Å². The van der Waals surface area contributed by atoms with Crippen molar-refractivity contribution in [2.24, 2.45) is 4.99 Å². The van der Waals surface area contributed by atoms with E-state index in [9.17, 15) is 4.79 Å². The maximum atomic E-state index is 12.1. The summed E-state index contributed by atoms with van der Waals surface area (Å²) in [5.74, 6) is 1.81. The maximum Gasteiger partial charge on any atom is 0.222 e. The van der Waals surface area contributed by atoms with Crippen LogP contribution in [0.1, 0.15) is 70.3 Å². The van der Waals surface area contributed by atoms with Crippen LogP contribution in [-0.4, -0.2) is 54.0 Å². The molecule has 2 heterocycles. The highest BCUT2D eigenvalue weighted by Gasteiger charge is 2.17. The van der Waals surface area contributed by atoms with Gasteiger partial charge in [0.15, 0.2) is 5.96 Å². The molecule has 1 aliphatic heterocycles. The second kappa shape index (κ2) is 12.4. The van der Waals surface area contributed by atoms with Gasteiger partial charge in [-0.2, -0.15) is 0 Å². The number of pyridine rings is 1. The van der Waals surface area contributed by atoms with Gasteiger partial charge >= 0.3 is 0 Å². The highest BCUT2D eigenvalue weighted by molar-refractivity contribution is 5.79. The monoisotopic (exact) mass is 415 g/mol. The van der Waals surface area contributed by atoms with E-state index in [2.05, 4.69) is 22.5 Å². The molecule has 2 fully saturated rings. The van der Waals surface area contributed by atoms with Crippen LogP contribution in [0.4, 0.5) is 0 Å². The van der Waals surface area contributed by atoms with Crippen molar-refractivity contribution in [1.82, 2.24) is 20.5 Å². The molecule has 1 saturated carbocycles. The topological polar surface area (TPSA) is 78.9 Å². The summed E-state index contributed by atoms with van der Waals surface area (Å²) >= 11 is 0. The quantitative estimate of drug-likeness (QED) is 0.368. The van der Waals surface area contributed by atoms with Gasteiger partial charge in [0.2, 0.25) is 11.8 Å². The summed E-state index contributed by atoms with van der Waals surface area (Å²) < 4.78 is 6.00. The lowest BCUT2D eigenvalue weighted by molar-refractivity contribution is -0.130. The fourth-order valence-electron chi connectivity index (χ4n) is 4.05. The number of amides is 1. The third kappa shape index (κ3) is 7.50. The fourth-order valence-corrected chi connectivity index (χ4v) is 4.05. The molecule has 0 bridgehead atoms. The van der Waals surface area contributed by atoms with Crippen LogP contribution in [0.15, 0.2) is 23.3 Å². The fraction of sp³-hybridized carbons (Fsp3) is 0.696. The molecule has 2 N–H and O–H groups in total. The lowest BCUT2D eigenvalue weighted by Crippen LogP contribution is -2.39. The largest absolute Gasteiger partial charge is 0.474 e. The molecule has 7 nitrogen and oxygen atoms in total. The minimum absolute atomic E-state index is 0.307. The molecule has 1 aliphatic carbocycles. The van der Waals surface area contributed by atoms with Crippen molar-refractivity contribution in [3.8, 4) is 5.88 Å². The molecule has 0 unspecified atom stereocenters. The van der Waals surface area contributed by atoms with Gasteiger partial charge in [-0.05, 0) is 63.5 Å². The molecule has 1 aromatic heterocycles. The van der Waals surface area contributed by atoms with E-state index in [1.54, 1.807) is 6.20 Å². The standard InChI is InChI=1S/C23H37N5O2/c1-2-24-23(26-13-8-16-28-15-7-3-4-11-22(28)29)27-18-19-12-14-25-21(17-19)30-20-9-5-6-10-20/h12,14,17,20H,2-11,13,15-16,18H2,1H3,(H2,24,26,27). The van der Waals surface area contributed by atoms with Crippen LogP contribution < -0.4 is 15.4 Å².